The van der Waals surface area contributed by atoms with Gasteiger partial charge in [0.15, 0.2) is 0 Å². The van der Waals surface area contributed by atoms with Gasteiger partial charge in [-0.2, -0.15) is 0 Å². The van der Waals surface area contributed by atoms with Crippen molar-refractivity contribution in [1.82, 2.24) is 5.32 Å². The van der Waals surface area contributed by atoms with Crippen molar-refractivity contribution in [3.63, 3.8) is 0 Å². The van der Waals surface area contributed by atoms with Gasteiger partial charge in [0.1, 0.15) is 6.10 Å². The lowest BCUT2D eigenvalue weighted by Crippen LogP contribution is -2.25. The molecule has 1 N–H and O–H groups in total. The number of nitrogens with zero attached hydrogens (tertiary/aromatic N) is 1. The van der Waals surface area contributed by atoms with Crippen LogP contribution >= 0.6 is 0 Å². The molecule has 0 bridgehead atoms. The highest BCUT2D eigenvalue weighted by atomic mass is 16.6. The summed E-state index contributed by atoms with van der Waals surface area (Å²) >= 11 is 0. The zero-order valence-electron chi connectivity index (χ0n) is 17.7. The Balaban J connectivity index is 1.90. The van der Waals surface area contributed by atoms with Crippen LogP contribution in [0.1, 0.15) is 54.9 Å². The molecular formula is C24H28N2O5. The van der Waals surface area contributed by atoms with Crippen LogP contribution in [0.15, 0.2) is 66.7 Å². The van der Waals surface area contributed by atoms with Crippen molar-refractivity contribution < 1.29 is 19.2 Å². The Bertz CT molecular complexity index is 879. The fourth-order valence-corrected chi connectivity index (χ4v) is 2.94. The first kappa shape index (κ1) is 23.8. The summed E-state index contributed by atoms with van der Waals surface area (Å²) in [6, 6.07) is 14.9. The molecule has 2 aromatic rings. The molecule has 0 spiro atoms. The predicted octanol–water partition coefficient (Wildman–Crippen LogP) is 4.96. The van der Waals surface area contributed by atoms with Gasteiger partial charge in [0.25, 0.3) is 5.69 Å². The number of hydrogen-bond acceptors (Lipinski definition) is 5. The van der Waals surface area contributed by atoms with Crippen molar-refractivity contribution >= 4 is 17.6 Å². The zero-order chi connectivity index (χ0) is 22.5. The van der Waals surface area contributed by atoms with Crippen molar-refractivity contribution in [1.29, 1.82) is 0 Å². The molecule has 0 fully saturated rings. The molecule has 0 saturated carbocycles. The highest BCUT2D eigenvalue weighted by Gasteiger charge is 2.18. The number of ether oxygens (including phenoxy) is 1. The summed E-state index contributed by atoms with van der Waals surface area (Å²) in [6.07, 6.45) is 6.55. The zero-order valence-corrected chi connectivity index (χ0v) is 17.7. The van der Waals surface area contributed by atoms with Crippen LogP contribution in [0.3, 0.4) is 0 Å². The number of hydrogen-bond donors (Lipinski definition) is 1. The fraction of sp³-hybridized carbons (Fsp3) is 0.333. The SMILES string of the molecule is CC/C=C\CC[C@H](CCC(=O)NCc1ccccc1)OC(=O)c1ccc([N+](=O)[O-])cc1. The molecule has 0 radical (unpaired) electrons. The summed E-state index contributed by atoms with van der Waals surface area (Å²) in [4.78, 5) is 34.9. The normalized spacial score (nSPS) is 11.8. The molecule has 0 unspecified atom stereocenters. The predicted molar refractivity (Wildman–Crippen MR) is 118 cm³/mol. The third-order valence-electron chi connectivity index (χ3n) is 4.67. The smallest absolute Gasteiger partial charge is 0.338 e. The molecule has 2 rings (SSSR count). The molecule has 7 heteroatoms. The van der Waals surface area contributed by atoms with Crippen LogP contribution in [0.5, 0.6) is 0 Å². The highest BCUT2D eigenvalue weighted by molar-refractivity contribution is 5.89. The van der Waals surface area contributed by atoms with Gasteiger partial charge in [0.05, 0.1) is 10.5 Å². The maximum atomic E-state index is 12.5. The Kier molecular flexibility index (Phi) is 9.94. The van der Waals surface area contributed by atoms with E-state index in [0.717, 1.165) is 18.4 Å². The van der Waals surface area contributed by atoms with Crippen LogP contribution in [0.25, 0.3) is 0 Å². The Labute approximate surface area is 182 Å². The van der Waals surface area contributed by atoms with Crippen LogP contribution in [-0.4, -0.2) is 22.9 Å². The number of carbonyl (C=O) groups is 2. The van der Waals surface area contributed by atoms with Gasteiger partial charge in [-0.25, -0.2) is 4.79 Å². The highest BCUT2D eigenvalue weighted by Crippen LogP contribution is 2.17. The van der Waals surface area contributed by atoms with Crippen LogP contribution in [-0.2, 0) is 16.1 Å². The van der Waals surface area contributed by atoms with E-state index in [4.69, 9.17) is 4.74 Å². The third-order valence-corrected chi connectivity index (χ3v) is 4.67. The quantitative estimate of drug-likeness (QED) is 0.225. The molecule has 2 aromatic carbocycles. The number of amides is 1. The maximum Gasteiger partial charge on any atom is 0.338 e. The van der Waals surface area contributed by atoms with E-state index in [-0.39, 0.29) is 23.6 Å². The molecule has 0 heterocycles. The molecule has 1 amide bonds. The van der Waals surface area contributed by atoms with E-state index in [0.29, 0.717) is 19.4 Å². The minimum Gasteiger partial charge on any atom is -0.459 e. The van der Waals surface area contributed by atoms with Gasteiger partial charge >= 0.3 is 5.97 Å². The monoisotopic (exact) mass is 424 g/mol. The molecule has 0 aliphatic carbocycles. The van der Waals surface area contributed by atoms with Crippen LogP contribution in [0.4, 0.5) is 5.69 Å². The average Bonchev–Trinajstić information content (AvgIpc) is 2.79. The Morgan fingerprint density at radius 1 is 1.06 bits per heavy atom. The lowest BCUT2D eigenvalue weighted by atomic mass is 10.1. The second-order valence-corrected chi connectivity index (χ2v) is 7.09. The van der Waals surface area contributed by atoms with Crippen LogP contribution in [0, 0.1) is 10.1 Å². The van der Waals surface area contributed by atoms with Crippen LogP contribution in [0.2, 0.25) is 0 Å². The van der Waals surface area contributed by atoms with Gasteiger partial charge in [-0.3, -0.25) is 14.9 Å². The fourth-order valence-electron chi connectivity index (χ4n) is 2.94. The minimum atomic E-state index is -0.552. The molecule has 31 heavy (non-hydrogen) atoms. The summed E-state index contributed by atoms with van der Waals surface area (Å²) in [7, 11) is 0. The van der Waals surface area contributed by atoms with Gasteiger partial charge < -0.3 is 10.1 Å². The third kappa shape index (κ3) is 8.82. The summed E-state index contributed by atoms with van der Waals surface area (Å²) in [6.45, 7) is 2.49. The minimum absolute atomic E-state index is 0.0899. The molecule has 1 atom stereocenters. The summed E-state index contributed by atoms with van der Waals surface area (Å²) < 4.78 is 5.61. The number of carbonyl (C=O) groups excluding carboxylic acids is 2. The Hall–Kier alpha value is -3.48. The topological polar surface area (TPSA) is 98.5 Å². The van der Waals surface area contributed by atoms with E-state index in [1.807, 2.05) is 49.4 Å². The molecule has 0 aliphatic heterocycles. The number of rotatable bonds is 12. The molecule has 7 nitrogen and oxygen atoms in total. The second-order valence-electron chi connectivity index (χ2n) is 7.09. The van der Waals surface area contributed by atoms with Gasteiger partial charge in [-0.15, -0.1) is 0 Å². The van der Waals surface area contributed by atoms with Crippen molar-refractivity contribution in [2.45, 2.75) is 51.7 Å². The summed E-state index contributed by atoms with van der Waals surface area (Å²) in [5.74, 6) is -0.659. The number of non-ortho nitro benzene ring substituents is 1. The second kappa shape index (κ2) is 13.0. The average molecular weight is 424 g/mol. The van der Waals surface area contributed by atoms with E-state index in [1.54, 1.807) is 0 Å². The van der Waals surface area contributed by atoms with E-state index in [1.165, 1.54) is 24.3 Å². The molecular weight excluding hydrogens is 396 g/mol. The summed E-state index contributed by atoms with van der Waals surface area (Å²) in [5, 5.41) is 13.6. The number of nitrogens with one attached hydrogen (secondary N) is 1. The first-order valence-electron chi connectivity index (χ1n) is 10.4. The van der Waals surface area contributed by atoms with Crippen molar-refractivity contribution in [2.24, 2.45) is 0 Å². The number of nitro benzene ring substituents is 1. The first-order valence-corrected chi connectivity index (χ1v) is 10.4. The number of benzene rings is 2. The van der Waals surface area contributed by atoms with Crippen LogP contribution < -0.4 is 5.32 Å². The largest absolute Gasteiger partial charge is 0.459 e. The number of allylic oxidation sites excluding steroid dienone is 2. The van der Waals surface area contributed by atoms with Gasteiger partial charge in [0, 0.05) is 25.1 Å². The lowest BCUT2D eigenvalue weighted by Gasteiger charge is -2.17. The number of nitro groups is 1. The van der Waals surface area contributed by atoms with Gasteiger partial charge in [-0.1, -0.05) is 49.4 Å². The molecule has 0 aromatic heterocycles. The van der Waals surface area contributed by atoms with Gasteiger partial charge in [0.2, 0.25) is 5.91 Å². The first-order chi connectivity index (χ1) is 15.0. The summed E-state index contributed by atoms with van der Waals surface area (Å²) in [5.41, 5.74) is 1.17. The van der Waals surface area contributed by atoms with Crippen molar-refractivity contribution in [3.8, 4) is 0 Å². The van der Waals surface area contributed by atoms with Crippen molar-refractivity contribution in [3.05, 3.63) is 88.0 Å². The Morgan fingerprint density at radius 3 is 2.42 bits per heavy atom. The van der Waals surface area contributed by atoms with Gasteiger partial charge in [-0.05, 0) is 43.4 Å². The maximum absolute atomic E-state index is 12.5. The Morgan fingerprint density at radius 2 is 1.77 bits per heavy atom. The van der Waals surface area contributed by atoms with Crippen molar-refractivity contribution in [2.75, 3.05) is 0 Å². The standard InChI is InChI=1S/C24H28N2O5/c1-2-3-4-8-11-22(16-17-23(27)25-18-19-9-6-5-7-10-19)31-24(28)20-12-14-21(15-13-20)26(29)30/h3-7,9-10,12-15,22H,2,8,11,16-18H2,1H3,(H,25,27)/b4-3-/t22-/m1/s1. The molecule has 164 valence electrons. The van der Waals surface area contributed by atoms with E-state index < -0.39 is 17.0 Å². The molecule has 0 saturated heterocycles. The number of esters is 1. The van der Waals surface area contributed by atoms with E-state index >= 15 is 0 Å². The van der Waals surface area contributed by atoms with E-state index in [2.05, 4.69) is 5.32 Å². The molecule has 0 aliphatic rings. The lowest BCUT2D eigenvalue weighted by molar-refractivity contribution is -0.384. The van der Waals surface area contributed by atoms with E-state index in [9.17, 15) is 19.7 Å².